The first kappa shape index (κ1) is 16.6. The normalized spacial score (nSPS) is 19.1. The summed E-state index contributed by atoms with van der Waals surface area (Å²) in [5, 5.41) is 4.16. The van der Waals surface area contributed by atoms with Crippen LogP contribution in [0.2, 0.25) is 0 Å². The van der Waals surface area contributed by atoms with Crippen LogP contribution in [0.15, 0.2) is 12.4 Å². The molecule has 0 saturated heterocycles. The SMILES string of the molecule is CCn1cc(OCC2(CS(=O)(=O)Cl)CCCCCC2)cn1. The summed E-state index contributed by atoms with van der Waals surface area (Å²) in [6.45, 7) is 3.17. The predicted octanol–water partition coefficient (Wildman–Crippen LogP) is 3.19. The molecule has 1 aliphatic carbocycles. The van der Waals surface area contributed by atoms with Gasteiger partial charge in [-0.1, -0.05) is 25.7 Å². The van der Waals surface area contributed by atoms with Gasteiger partial charge in [-0.15, -0.1) is 0 Å². The maximum atomic E-state index is 11.6. The van der Waals surface area contributed by atoms with Crippen molar-refractivity contribution in [3.05, 3.63) is 12.4 Å². The highest BCUT2D eigenvalue weighted by molar-refractivity contribution is 8.13. The third kappa shape index (κ3) is 5.18. The maximum absolute atomic E-state index is 11.6. The standard InChI is InChI=1S/C14H23ClN2O3S/c1-2-17-10-13(9-16-17)20-11-14(12-21(15,18)19)7-5-3-4-6-8-14/h9-10H,2-8,11-12H2,1H3. The molecular formula is C14H23ClN2O3S. The van der Waals surface area contributed by atoms with E-state index in [1.54, 1.807) is 10.9 Å². The van der Waals surface area contributed by atoms with E-state index in [0.29, 0.717) is 12.4 Å². The lowest BCUT2D eigenvalue weighted by molar-refractivity contribution is 0.146. The Morgan fingerprint density at radius 1 is 1.33 bits per heavy atom. The van der Waals surface area contributed by atoms with Gasteiger partial charge in [0.05, 0.1) is 24.8 Å². The van der Waals surface area contributed by atoms with E-state index in [-0.39, 0.29) is 11.2 Å². The van der Waals surface area contributed by atoms with Gasteiger partial charge in [0.1, 0.15) is 0 Å². The monoisotopic (exact) mass is 334 g/mol. The zero-order valence-electron chi connectivity index (χ0n) is 12.4. The predicted molar refractivity (Wildman–Crippen MR) is 83.2 cm³/mol. The van der Waals surface area contributed by atoms with Gasteiger partial charge in [-0.2, -0.15) is 5.10 Å². The number of halogens is 1. The quantitative estimate of drug-likeness (QED) is 0.592. The maximum Gasteiger partial charge on any atom is 0.233 e. The fourth-order valence-electron chi connectivity index (χ4n) is 3.00. The molecule has 1 saturated carbocycles. The lowest BCUT2D eigenvalue weighted by Gasteiger charge is -2.31. The minimum atomic E-state index is -3.53. The van der Waals surface area contributed by atoms with Crippen molar-refractivity contribution in [3.63, 3.8) is 0 Å². The van der Waals surface area contributed by atoms with Crippen LogP contribution in [0, 0.1) is 5.41 Å². The van der Waals surface area contributed by atoms with Gasteiger partial charge >= 0.3 is 0 Å². The summed E-state index contributed by atoms with van der Waals surface area (Å²) in [4.78, 5) is 0. The van der Waals surface area contributed by atoms with Crippen LogP contribution in [0.3, 0.4) is 0 Å². The molecule has 21 heavy (non-hydrogen) atoms. The van der Waals surface area contributed by atoms with Crippen LogP contribution in [0.4, 0.5) is 0 Å². The van der Waals surface area contributed by atoms with Crippen molar-refractivity contribution in [2.24, 2.45) is 5.41 Å². The van der Waals surface area contributed by atoms with Crippen LogP contribution >= 0.6 is 10.7 Å². The second-order valence-corrected chi connectivity index (χ2v) is 8.69. The van der Waals surface area contributed by atoms with Crippen molar-refractivity contribution in [2.45, 2.75) is 52.0 Å². The molecule has 0 aliphatic heterocycles. The van der Waals surface area contributed by atoms with Gasteiger partial charge in [0, 0.05) is 22.6 Å². The molecule has 1 aliphatic rings. The third-order valence-corrected chi connectivity index (χ3v) is 5.41. The Morgan fingerprint density at radius 2 is 2.00 bits per heavy atom. The number of hydrogen-bond acceptors (Lipinski definition) is 4. The van der Waals surface area contributed by atoms with Crippen LogP contribution < -0.4 is 4.74 Å². The van der Waals surface area contributed by atoms with Crippen molar-refractivity contribution < 1.29 is 13.2 Å². The second kappa shape index (κ2) is 7.01. The van der Waals surface area contributed by atoms with Crippen LogP contribution in [0.1, 0.15) is 45.4 Å². The fourth-order valence-corrected chi connectivity index (χ4v) is 4.80. The molecule has 0 N–H and O–H groups in total. The molecule has 1 aromatic heterocycles. The van der Waals surface area contributed by atoms with Gasteiger partial charge in [0.2, 0.25) is 9.05 Å². The highest BCUT2D eigenvalue weighted by atomic mass is 35.7. The van der Waals surface area contributed by atoms with Crippen LogP contribution in [0.25, 0.3) is 0 Å². The summed E-state index contributed by atoms with van der Waals surface area (Å²) in [5.41, 5.74) is -0.370. The van der Waals surface area contributed by atoms with E-state index >= 15 is 0 Å². The average Bonchev–Trinajstić information content (AvgIpc) is 2.75. The van der Waals surface area contributed by atoms with Crippen molar-refractivity contribution >= 4 is 19.7 Å². The zero-order chi connectivity index (χ0) is 15.3. The van der Waals surface area contributed by atoms with Crippen LogP contribution in [-0.2, 0) is 15.6 Å². The molecule has 5 nitrogen and oxygen atoms in total. The van der Waals surface area contributed by atoms with Gasteiger partial charge in [-0.05, 0) is 19.8 Å². The molecule has 1 heterocycles. The first-order valence-electron chi connectivity index (χ1n) is 7.50. The molecule has 7 heteroatoms. The molecule has 0 amide bonds. The first-order chi connectivity index (χ1) is 9.92. The van der Waals surface area contributed by atoms with Gasteiger partial charge in [0.25, 0.3) is 0 Å². The van der Waals surface area contributed by atoms with E-state index in [1.807, 2.05) is 13.1 Å². The van der Waals surface area contributed by atoms with Crippen LogP contribution in [-0.4, -0.2) is 30.6 Å². The Hall–Kier alpha value is -0.750. The molecule has 0 unspecified atom stereocenters. The Labute approximate surface area is 131 Å². The summed E-state index contributed by atoms with van der Waals surface area (Å²) in [6.07, 6.45) is 9.56. The topological polar surface area (TPSA) is 61.2 Å². The number of aromatic nitrogens is 2. The van der Waals surface area contributed by atoms with Gasteiger partial charge in [0.15, 0.2) is 5.75 Å². The smallest absolute Gasteiger partial charge is 0.233 e. The molecular weight excluding hydrogens is 312 g/mol. The summed E-state index contributed by atoms with van der Waals surface area (Å²) in [7, 11) is 1.99. The second-order valence-electron chi connectivity index (χ2n) is 5.92. The Kier molecular flexibility index (Phi) is 5.54. The van der Waals surface area contributed by atoms with Gasteiger partial charge < -0.3 is 4.74 Å². The van der Waals surface area contributed by atoms with Gasteiger partial charge in [-0.25, -0.2) is 8.42 Å². The molecule has 0 aromatic carbocycles. The zero-order valence-corrected chi connectivity index (χ0v) is 14.0. The number of nitrogens with zero attached hydrogens (tertiary/aromatic N) is 2. The number of rotatable bonds is 6. The van der Waals surface area contributed by atoms with E-state index in [2.05, 4.69) is 5.10 Å². The van der Waals surface area contributed by atoms with Crippen LogP contribution in [0.5, 0.6) is 5.75 Å². The van der Waals surface area contributed by atoms with Crippen molar-refractivity contribution in [1.82, 2.24) is 9.78 Å². The summed E-state index contributed by atoms with van der Waals surface area (Å²) >= 11 is 0. The third-order valence-electron chi connectivity index (χ3n) is 4.12. The van der Waals surface area contributed by atoms with E-state index in [4.69, 9.17) is 15.4 Å². The van der Waals surface area contributed by atoms with E-state index in [9.17, 15) is 8.42 Å². The first-order valence-corrected chi connectivity index (χ1v) is 9.98. The average molecular weight is 335 g/mol. The Bertz CT molecular complexity index is 548. The summed E-state index contributed by atoms with van der Waals surface area (Å²) in [6, 6.07) is 0. The van der Waals surface area contributed by atoms with Crippen molar-refractivity contribution in [3.8, 4) is 5.75 Å². The molecule has 1 aromatic rings. The minimum absolute atomic E-state index is 0.0104. The highest BCUT2D eigenvalue weighted by Crippen LogP contribution is 2.37. The Morgan fingerprint density at radius 3 is 2.52 bits per heavy atom. The lowest BCUT2D eigenvalue weighted by atomic mass is 9.83. The van der Waals surface area contributed by atoms with Gasteiger partial charge in [-0.3, -0.25) is 4.68 Å². The highest BCUT2D eigenvalue weighted by Gasteiger charge is 2.36. The molecule has 120 valence electrons. The fraction of sp³-hybridized carbons (Fsp3) is 0.786. The molecule has 0 spiro atoms. The summed E-state index contributed by atoms with van der Waals surface area (Å²) < 4.78 is 30.8. The molecule has 2 rings (SSSR count). The lowest BCUT2D eigenvalue weighted by Crippen LogP contribution is -2.34. The number of ether oxygens (including phenoxy) is 1. The van der Waals surface area contributed by atoms with Crippen molar-refractivity contribution in [2.75, 3.05) is 12.4 Å². The van der Waals surface area contributed by atoms with E-state index < -0.39 is 9.05 Å². The molecule has 1 fully saturated rings. The molecule has 0 bridgehead atoms. The van der Waals surface area contributed by atoms with E-state index in [1.165, 1.54) is 0 Å². The summed E-state index contributed by atoms with van der Waals surface area (Å²) in [5.74, 6) is 0.677. The minimum Gasteiger partial charge on any atom is -0.490 e. The molecule has 0 atom stereocenters. The van der Waals surface area contributed by atoms with E-state index in [0.717, 1.165) is 45.1 Å². The Balaban J connectivity index is 2.07. The number of aryl methyl sites for hydroxylation is 1. The van der Waals surface area contributed by atoms with Crippen molar-refractivity contribution in [1.29, 1.82) is 0 Å². The number of hydrogen-bond donors (Lipinski definition) is 0. The largest absolute Gasteiger partial charge is 0.490 e. The molecule has 0 radical (unpaired) electrons.